The van der Waals surface area contributed by atoms with Crippen LogP contribution in [0.3, 0.4) is 0 Å². The zero-order valence-electron chi connectivity index (χ0n) is 11.5. The molecule has 2 heterocycles. The van der Waals surface area contributed by atoms with E-state index in [0.717, 1.165) is 3.57 Å². The Labute approximate surface area is 131 Å². The number of rotatable bonds is 2. The Bertz CT molecular complexity index is 489. The molecule has 1 aliphatic heterocycles. The van der Waals surface area contributed by atoms with Crippen LogP contribution in [0.5, 0.6) is 0 Å². The van der Waals surface area contributed by atoms with E-state index in [9.17, 15) is 9.59 Å². The molecule has 0 atom stereocenters. The quantitative estimate of drug-likeness (QED) is 0.703. The molecule has 8 heteroatoms. The summed E-state index contributed by atoms with van der Waals surface area (Å²) < 4.78 is 7.38. The number of hydrogen-bond donors (Lipinski definition) is 0. The second-order valence-corrected chi connectivity index (χ2v) is 5.61. The summed E-state index contributed by atoms with van der Waals surface area (Å²) in [6, 6.07) is 0. The van der Waals surface area contributed by atoms with Crippen LogP contribution in [-0.2, 0) is 11.8 Å². The first-order chi connectivity index (χ1) is 9.54. The fourth-order valence-electron chi connectivity index (χ4n) is 2.11. The van der Waals surface area contributed by atoms with Crippen LogP contribution < -0.4 is 0 Å². The highest BCUT2D eigenvalue weighted by Crippen LogP contribution is 2.15. The van der Waals surface area contributed by atoms with E-state index >= 15 is 0 Å². The highest BCUT2D eigenvalue weighted by molar-refractivity contribution is 14.1. The third kappa shape index (κ3) is 3.05. The van der Waals surface area contributed by atoms with E-state index in [1.54, 1.807) is 34.6 Å². The minimum Gasteiger partial charge on any atom is -0.450 e. The molecule has 110 valence electrons. The fourth-order valence-corrected chi connectivity index (χ4v) is 2.81. The number of nitrogens with zero attached hydrogens (tertiary/aromatic N) is 4. The van der Waals surface area contributed by atoms with Gasteiger partial charge in [0, 0.05) is 33.2 Å². The van der Waals surface area contributed by atoms with Gasteiger partial charge in [-0.15, -0.1) is 0 Å². The minimum atomic E-state index is -0.310. The van der Waals surface area contributed by atoms with Crippen molar-refractivity contribution >= 4 is 34.6 Å². The van der Waals surface area contributed by atoms with Gasteiger partial charge in [-0.3, -0.25) is 9.48 Å². The Morgan fingerprint density at radius 3 is 2.40 bits per heavy atom. The summed E-state index contributed by atoms with van der Waals surface area (Å²) in [5.74, 6) is -0.0436. The van der Waals surface area contributed by atoms with Crippen LogP contribution >= 0.6 is 22.6 Å². The molecule has 0 N–H and O–H groups in total. The molecule has 0 unspecified atom stereocenters. The standard InChI is InChI=1S/C12H17IN4O3/c1-3-20-12(19)17-6-4-16(5-7-17)11(18)10-9(13)8-14-15(10)2/h8H,3-7H2,1-2H3. The smallest absolute Gasteiger partial charge is 0.409 e. The SMILES string of the molecule is CCOC(=O)N1CCN(C(=O)c2c(I)cnn2C)CC1. The van der Waals surface area contributed by atoms with E-state index in [1.807, 2.05) is 0 Å². The summed E-state index contributed by atoms with van der Waals surface area (Å²) in [7, 11) is 1.75. The zero-order valence-corrected chi connectivity index (χ0v) is 13.7. The van der Waals surface area contributed by atoms with Crippen molar-refractivity contribution in [2.24, 2.45) is 7.05 Å². The molecule has 1 saturated heterocycles. The second-order valence-electron chi connectivity index (χ2n) is 4.44. The molecule has 20 heavy (non-hydrogen) atoms. The number of hydrogen-bond acceptors (Lipinski definition) is 4. The molecule has 2 rings (SSSR count). The van der Waals surface area contributed by atoms with Crippen molar-refractivity contribution in [2.45, 2.75) is 6.92 Å². The van der Waals surface area contributed by atoms with Gasteiger partial charge in [-0.05, 0) is 29.5 Å². The molecule has 1 aromatic heterocycles. The second kappa shape index (κ2) is 6.42. The fraction of sp³-hybridized carbons (Fsp3) is 0.583. The van der Waals surface area contributed by atoms with Gasteiger partial charge in [0.2, 0.25) is 0 Å². The largest absolute Gasteiger partial charge is 0.450 e. The van der Waals surface area contributed by atoms with Crippen LogP contribution in [0.15, 0.2) is 6.20 Å². The summed E-state index contributed by atoms with van der Waals surface area (Å²) in [5, 5.41) is 4.08. The molecule has 1 aromatic rings. The van der Waals surface area contributed by atoms with Crippen LogP contribution in [0.1, 0.15) is 17.4 Å². The maximum Gasteiger partial charge on any atom is 0.409 e. The number of carbonyl (C=O) groups excluding carboxylic acids is 2. The molecule has 2 amide bonds. The van der Waals surface area contributed by atoms with Gasteiger partial charge in [0.25, 0.3) is 5.91 Å². The molecular formula is C12H17IN4O3. The number of aryl methyl sites for hydroxylation is 1. The number of piperazine rings is 1. The lowest BCUT2D eigenvalue weighted by Gasteiger charge is -2.34. The first-order valence-corrected chi connectivity index (χ1v) is 7.51. The summed E-state index contributed by atoms with van der Waals surface area (Å²) >= 11 is 2.10. The number of ether oxygens (including phenoxy) is 1. The van der Waals surface area contributed by atoms with Crippen LogP contribution in [0.2, 0.25) is 0 Å². The maximum atomic E-state index is 12.4. The average molecular weight is 392 g/mol. The molecule has 1 aliphatic rings. The molecule has 0 aromatic carbocycles. The van der Waals surface area contributed by atoms with E-state index in [0.29, 0.717) is 38.5 Å². The molecule has 7 nitrogen and oxygen atoms in total. The van der Waals surface area contributed by atoms with Gasteiger partial charge >= 0.3 is 6.09 Å². The number of amides is 2. The molecule has 0 bridgehead atoms. The predicted octanol–water partition coefficient (Wildman–Crippen LogP) is 0.939. The van der Waals surface area contributed by atoms with Crippen molar-refractivity contribution < 1.29 is 14.3 Å². The van der Waals surface area contributed by atoms with E-state index in [4.69, 9.17) is 4.74 Å². The van der Waals surface area contributed by atoms with Crippen LogP contribution in [-0.4, -0.2) is 64.4 Å². The van der Waals surface area contributed by atoms with Crippen LogP contribution in [0.25, 0.3) is 0 Å². The van der Waals surface area contributed by atoms with Gasteiger partial charge in [0.15, 0.2) is 0 Å². The number of aromatic nitrogens is 2. The Morgan fingerprint density at radius 2 is 1.90 bits per heavy atom. The Hall–Kier alpha value is -1.32. The Balaban J connectivity index is 1.97. The van der Waals surface area contributed by atoms with Gasteiger partial charge in [-0.1, -0.05) is 0 Å². The van der Waals surface area contributed by atoms with Crippen molar-refractivity contribution in [2.75, 3.05) is 32.8 Å². The average Bonchev–Trinajstić information content (AvgIpc) is 2.78. The Kier molecular flexibility index (Phi) is 4.84. The lowest BCUT2D eigenvalue weighted by molar-refractivity contribution is 0.0561. The summed E-state index contributed by atoms with van der Waals surface area (Å²) in [6.07, 6.45) is 1.36. The van der Waals surface area contributed by atoms with Crippen molar-refractivity contribution in [3.8, 4) is 0 Å². The molecule has 0 saturated carbocycles. The topological polar surface area (TPSA) is 67.7 Å². The molecular weight excluding hydrogens is 375 g/mol. The van der Waals surface area contributed by atoms with Crippen molar-refractivity contribution in [1.82, 2.24) is 19.6 Å². The third-order valence-electron chi connectivity index (χ3n) is 3.19. The van der Waals surface area contributed by atoms with Crippen molar-refractivity contribution in [3.05, 3.63) is 15.5 Å². The van der Waals surface area contributed by atoms with Gasteiger partial charge in [-0.2, -0.15) is 5.10 Å². The Morgan fingerprint density at radius 1 is 1.30 bits per heavy atom. The van der Waals surface area contributed by atoms with E-state index in [-0.39, 0.29) is 12.0 Å². The maximum absolute atomic E-state index is 12.4. The lowest BCUT2D eigenvalue weighted by atomic mass is 10.3. The number of carbonyl (C=O) groups is 2. The van der Waals surface area contributed by atoms with E-state index < -0.39 is 0 Å². The summed E-state index contributed by atoms with van der Waals surface area (Å²) in [4.78, 5) is 27.4. The van der Waals surface area contributed by atoms with E-state index in [1.165, 1.54) is 0 Å². The van der Waals surface area contributed by atoms with Crippen LogP contribution in [0, 0.1) is 3.57 Å². The normalized spacial score (nSPS) is 15.3. The highest BCUT2D eigenvalue weighted by Gasteiger charge is 2.27. The van der Waals surface area contributed by atoms with Crippen LogP contribution in [0.4, 0.5) is 4.79 Å². The molecule has 1 fully saturated rings. The summed E-state index contributed by atoms with van der Waals surface area (Å²) in [5.41, 5.74) is 0.593. The number of halogens is 1. The molecule has 0 radical (unpaired) electrons. The third-order valence-corrected chi connectivity index (χ3v) is 3.98. The van der Waals surface area contributed by atoms with Gasteiger partial charge in [0.05, 0.1) is 16.4 Å². The van der Waals surface area contributed by atoms with Crippen molar-refractivity contribution in [1.29, 1.82) is 0 Å². The monoisotopic (exact) mass is 392 g/mol. The molecule has 0 spiro atoms. The van der Waals surface area contributed by atoms with Crippen molar-refractivity contribution in [3.63, 3.8) is 0 Å². The minimum absolute atomic E-state index is 0.0436. The highest BCUT2D eigenvalue weighted by atomic mass is 127. The van der Waals surface area contributed by atoms with Gasteiger partial charge in [0.1, 0.15) is 5.69 Å². The zero-order chi connectivity index (χ0) is 14.7. The lowest BCUT2D eigenvalue weighted by Crippen LogP contribution is -2.51. The van der Waals surface area contributed by atoms with Gasteiger partial charge < -0.3 is 14.5 Å². The van der Waals surface area contributed by atoms with E-state index in [2.05, 4.69) is 27.7 Å². The first kappa shape index (κ1) is 15.1. The van der Waals surface area contributed by atoms with Gasteiger partial charge in [-0.25, -0.2) is 4.79 Å². The molecule has 0 aliphatic carbocycles. The summed E-state index contributed by atoms with van der Waals surface area (Å²) in [6.45, 7) is 4.17. The first-order valence-electron chi connectivity index (χ1n) is 6.43. The predicted molar refractivity (Wildman–Crippen MR) is 80.4 cm³/mol.